The van der Waals surface area contributed by atoms with Crippen LogP contribution in [0.3, 0.4) is 0 Å². The molecular weight excluding hydrogens is 268 g/mol. The van der Waals surface area contributed by atoms with E-state index in [1.165, 1.54) is 0 Å². The molecule has 112 valence electrons. The van der Waals surface area contributed by atoms with E-state index in [0.717, 1.165) is 25.1 Å². The Morgan fingerprint density at radius 2 is 2.29 bits per heavy atom. The second kappa shape index (κ2) is 5.02. The fourth-order valence-corrected chi connectivity index (χ4v) is 3.18. The summed E-state index contributed by atoms with van der Waals surface area (Å²) in [5, 5.41) is 2.91. The summed E-state index contributed by atoms with van der Waals surface area (Å²) in [6, 6.07) is 3.66. The van der Waals surface area contributed by atoms with Crippen LogP contribution in [0.25, 0.3) is 0 Å². The minimum atomic E-state index is -0.00202. The number of nitrogens with zero attached hydrogens (tertiary/aromatic N) is 3. The van der Waals surface area contributed by atoms with Gasteiger partial charge in [0.25, 0.3) is 0 Å². The van der Waals surface area contributed by atoms with E-state index in [1.54, 1.807) is 37.5 Å². The molecule has 1 spiro atoms. The predicted molar refractivity (Wildman–Crippen MR) is 78.7 cm³/mol. The number of carbonyl (C=O) groups is 2. The van der Waals surface area contributed by atoms with Gasteiger partial charge in [-0.25, -0.2) is 4.79 Å². The van der Waals surface area contributed by atoms with Crippen LogP contribution in [0.5, 0.6) is 0 Å². The predicted octanol–water partition coefficient (Wildman–Crippen LogP) is 1.41. The topological polar surface area (TPSA) is 65.5 Å². The molecule has 6 heteroatoms. The fraction of sp³-hybridized carbons (Fsp3) is 0.533. The van der Waals surface area contributed by atoms with Crippen LogP contribution in [0, 0.1) is 11.3 Å². The van der Waals surface area contributed by atoms with Crippen molar-refractivity contribution in [1.82, 2.24) is 14.8 Å². The van der Waals surface area contributed by atoms with Gasteiger partial charge in [0.05, 0.1) is 11.9 Å². The van der Waals surface area contributed by atoms with Gasteiger partial charge in [0.15, 0.2) is 0 Å². The number of likely N-dealkylation sites (tertiary alicyclic amines) is 1. The smallest absolute Gasteiger partial charge is 0.319 e. The highest BCUT2D eigenvalue weighted by molar-refractivity contribution is 5.95. The number of hydrogen-bond donors (Lipinski definition) is 1. The zero-order valence-electron chi connectivity index (χ0n) is 12.4. The Morgan fingerprint density at radius 1 is 1.48 bits per heavy atom. The van der Waals surface area contributed by atoms with Crippen molar-refractivity contribution < 1.29 is 9.59 Å². The molecule has 2 fully saturated rings. The first kappa shape index (κ1) is 13.9. The summed E-state index contributed by atoms with van der Waals surface area (Å²) >= 11 is 0. The van der Waals surface area contributed by atoms with Crippen LogP contribution in [0.2, 0.25) is 0 Å². The standard InChI is InChI=1S/C15H20N4O2/c1-18(2)14(21)19-7-5-15(10-19)8-12(15)13(20)17-11-4-3-6-16-9-11/h3-4,6,9,12H,5,7-8,10H2,1-2H3,(H,17,20)/t12-,15+/m0/s1. The van der Waals surface area contributed by atoms with Gasteiger partial charge in [-0.05, 0) is 25.0 Å². The number of hydrogen-bond acceptors (Lipinski definition) is 3. The van der Waals surface area contributed by atoms with E-state index < -0.39 is 0 Å². The lowest BCUT2D eigenvalue weighted by atomic mass is 10.0. The Hall–Kier alpha value is -2.11. The highest BCUT2D eigenvalue weighted by atomic mass is 16.2. The summed E-state index contributed by atoms with van der Waals surface area (Å²) in [6.45, 7) is 1.43. The Kier molecular flexibility index (Phi) is 3.31. The van der Waals surface area contributed by atoms with Crippen molar-refractivity contribution in [1.29, 1.82) is 0 Å². The van der Waals surface area contributed by atoms with Crippen LogP contribution >= 0.6 is 0 Å². The first-order chi connectivity index (χ1) is 10.0. The highest BCUT2D eigenvalue weighted by Crippen LogP contribution is 2.58. The first-order valence-electron chi connectivity index (χ1n) is 7.19. The summed E-state index contributed by atoms with van der Waals surface area (Å²) in [5.41, 5.74) is 0.724. The zero-order valence-corrected chi connectivity index (χ0v) is 12.4. The number of urea groups is 1. The number of nitrogens with one attached hydrogen (secondary N) is 1. The second-order valence-corrected chi connectivity index (χ2v) is 6.20. The molecule has 2 aliphatic rings. The van der Waals surface area contributed by atoms with Gasteiger partial charge in [-0.3, -0.25) is 9.78 Å². The molecule has 0 unspecified atom stereocenters. The van der Waals surface area contributed by atoms with Gasteiger partial charge in [0, 0.05) is 44.7 Å². The normalized spacial score (nSPS) is 26.8. The second-order valence-electron chi connectivity index (χ2n) is 6.20. The van der Waals surface area contributed by atoms with Gasteiger partial charge < -0.3 is 15.1 Å². The van der Waals surface area contributed by atoms with E-state index in [-0.39, 0.29) is 23.3 Å². The van der Waals surface area contributed by atoms with Gasteiger partial charge in [0.1, 0.15) is 0 Å². The summed E-state index contributed by atoms with van der Waals surface area (Å²) in [7, 11) is 3.51. The van der Waals surface area contributed by atoms with Crippen LogP contribution in [-0.2, 0) is 4.79 Å². The van der Waals surface area contributed by atoms with Gasteiger partial charge in [-0.2, -0.15) is 0 Å². The maximum absolute atomic E-state index is 12.3. The van der Waals surface area contributed by atoms with E-state index in [9.17, 15) is 9.59 Å². The number of pyridine rings is 1. The molecule has 0 radical (unpaired) electrons. The minimum absolute atomic E-state index is 0.00202. The lowest BCUT2D eigenvalue weighted by Crippen LogP contribution is -2.38. The molecule has 1 aromatic heterocycles. The molecular formula is C15H20N4O2. The van der Waals surface area contributed by atoms with Crippen LogP contribution in [-0.4, -0.2) is 53.9 Å². The molecule has 1 aliphatic heterocycles. The summed E-state index contributed by atoms with van der Waals surface area (Å²) in [4.78, 5) is 31.7. The summed E-state index contributed by atoms with van der Waals surface area (Å²) in [6.07, 6.45) is 5.10. The SMILES string of the molecule is CN(C)C(=O)N1CC[C@@]2(C[C@H]2C(=O)Nc2cccnc2)C1. The van der Waals surface area contributed by atoms with E-state index in [1.807, 2.05) is 11.0 Å². The van der Waals surface area contributed by atoms with Crippen LogP contribution in [0.15, 0.2) is 24.5 Å². The largest absolute Gasteiger partial charge is 0.331 e. The summed E-state index contributed by atoms with van der Waals surface area (Å²) in [5.74, 6) is 0.0554. The van der Waals surface area contributed by atoms with Crippen LogP contribution in [0.1, 0.15) is 12.8 Å². The van der Waals surface area contributed by atoms with Crippen molar-refractivity contribution in [2.24, 2.45) is 11.3 Å². The average Bonchev–Trinajstić information content (AvgIpc) is 3.00. The Balaban J connectivity index is 1.59. The van der Waals surface area contributed by atoms with Crippen LogP contribution < -0.4 is 5.32 Å². The minimum Gasteiger partial charge on any atom is -0.331 e. The van der Waals surface area contributed by atoms with Crippen molar-refractivity contribution in [2.75, 3.05) is 32.5 Å². The molecule has 3 rings (SSSR count). The lowest BCUT2D eigenvalue weighted by Gasteiger charge is -2.21. The molecule has 1 saturated heterocycles. The number of carbonyl (C=O) groups excluding carboxylic acids is 2. The third-order valence-corrected chi connectivity index (χ3v) is 4.47. The van der Waals surface area contributed by atoms with E-state index in [4.69, 9.17) is 0 Å². The van der Waals surface area contributed by atoms with Crippen molar-refractivity contribution in [3.05, 3.63) is 24.5 Å². The molecule has 0 bridgehead atoms. The average molecular weight is 288 g/mol. The Morgan fingerprint density at radius 3 is 2.95 bits per heavy atom. The van der Waals surface area contributed by atoms with E-state index >= 15 is 0 Å². The molecule has 6 nitrogen and oxygen atoms in total. The van der Waals surface area contributed by atoms with Gasteiger partial charge in [-0.15, -0.1) is 0 Å². The third-order valence-electron chi connectivity index (χ3n) is 4.47. The fourth-order valence-electron chi connectivity index (χ4n) is 3.18. The molecule has 1 aromatic rings. The maximum Gasteiger partial charge on any atom is 0.319 e. The molecule has 1 aliphatic carbocycles. The van der Waals surface area contributed by atoms with Crippen molar-refractivity contribution >= 4 is 17.6 Å². The molecule has 0 aromatic carbocycles. The highest BCUT2D eigenvalue weighted by Gasteiger charge is 2.61. The number of anilines is 1. The van der Waals surface area contributed by atoms with Crippen LogP contribution in [0.4, 0.5) is 10.5 Å². The number of amides is 3. The zero-order chi connectivity index (χ0) is 15.0. The molecule has 21 heavy (non-hydrogen) atoms. The monoisotopic (exact) mass is 288 g/mol. The summed E-state index contributed by atoms with van der Waals surface area (Å²) < 4.78 is 0. The Labute approximate surface area is 124 Å². The Bertz CT molecular complexity index is 560. The van der Waals surface area contributed by atoms with Crippen molar-refractivity contribution in [3.8, 4) is 0 Å². The third kappa shape index (κ3) is 2.57. The first-order valence-corrected chi connectivity index (χ1v) is 7.19. The van der Waals surface area contributed by atoms with Crippen molar-refractivity contribution in [2.45, 2.75) is 12.8 Å². The molecule has 1 N–H and O–H groups in total. The maximum atomic E-state index is 12.3. The van der Waals surface area contributed by atoms with Gasteiger partial charge in [-0.1, -0.05) is 0 Å². The molecule has 2 atom stereocenters. The number of rotatable bonds is 2. The van der Waals surface area contributed by atoms with Gasteiger partial charge >= 0.3 is 6.03 Å². The van der Waals surface area contributed by atoms with E-state index in [2.05, 4.69) is 10.3 Å². The van der Waals surface area contributed by atoms with E-state index in [0.29, 0.717) is 6.54 Å². The molecule has 1 saturated carbocycles. The molecule has 2 heterocycles. The quantitative estimate of drug-likeness (QED) is 0.895. The van der Waals surface area contributed by atoms with Gasteiger partial charge in [0.2, 0.25) is 5.91 Å². The number of aromatic nitrogens is 1. The molecule has 3 amide bonds. The lowest BCUT2D eigenvalue weighted by molar-refractivity contribution is -0.118. The van der Waals surface area contributed by atoms with Crippen molar-refractivity contribution in [3.63, 3.8) is 0 Å².